The Balaban J connectivity index is 2.09. The molecule has 0 fully saturated rings. The van der Waals surface area contributed by atoms with E-state index in [0.29, 0.717) is 0 Å². The summed E-state index contributed by atoms with van der Waals surface area (Å²) in [5.41, 5.74) is 0.170. The van der Waals surface area contributed by atoms with E-state index in [-0.39, 0.29) is 22.0 Å². The van der Waals surface area contributed by atoms with Crippen molar-refractivity contribution >= 4 is 21.6 Å². The Labute approximate surface area is 131 Å². The minimum absolute atomic E-state index is 0.101. The fraction of sp³-hybridized carbons (Fsp3) is 0.143. The molecule has 0 radical (unpaired) electrons. The van der Waals surface area contributed by atoms with Gasteiger partial charge in [-0.3, -0.25) is 0 Å². The first-order valence-corrected chi connectivity index (χ1v) is 8.04. The highest BCUT2D eigenvalue weighted by atomic mass is 35.5. The minimum atomic E-state index is -3.97. The van der Waals surface area contributed by atoms with Crippen LogP contribution in [0.3, 0.4) is 0 Å². The van der Waals surface area contributed by atoms with Crippen LogP contribution in [0.15, 0.2) is 47.4 Å². The van der Waals surface area contributed by atoms with Crippen molar-refractivity contribution in [1.29, 1.82) is 0 Å². The summed E-state index contributed by atoms with van der Waals surface area (Å²) in [5.74, 6) is -1.41. The smallest absolute Gasteiger partial charge is 0.240 e. The van der Waals surface area contributed by atoms with E-state index in [9.17, 15) is 22.3 Å². The summed E-state index contributed by atoms with van der Waals surface area (Å²) < 4.78 is 52.4. The lowest BCUT2D eigenvalue weighted by atomic mass is 10.1. The highest BCUT2D eigenvalue weighted by molar-refractivity contribution is 7.89. The van der Waals surface area contributed by atoms with Gasteiger partial charge < -0.3 is 5.11 Å². The molecule has 0 aromatic heterocycles. The van der Waals surface area contributed by atoms with Crippen molar-refractivity contribution < 1.29 is 22.3 Å². The number of nitrogens with one attached hydrogen (secondary N) is 1. The second-order valence-corrected chi connectivity index (χ2v) is 6.67. The van der Waals surface area contributed by atoms with E-state index in [0.717, 1.165) is 18.2 Å². The summed E-state index contributed by atoms with van der Waals surface area (Å²) >= 11 is 5.53. The first-order valence-electron chi connectivity index (χ1n) is 6.18. The number of benzene rings is 2. The molecular formula is C14H12ClF2NO3S. The molecule has 0 heterocycles. The van der Waals surface area contributed by atoms with Gasteiger partial charge in [0.25, 0.3) is 0 Å². The monoisotopic (exact) mass is 347 g/mol. The average molecular weight is 348 g/mol. The molecule has 4 nitrogen and oxygen atoms in total. The summed E-state index contributed by atoms with van der Waals surface area (Å²) in [5, 5.41) is 9.79. The van der Waals surface area contributed by atoms with Crippen LogP contribution in [0.5, 0.6) is 0 Å². The lowest BCUT2D eigenvalue weighted by Crippen LogP contribution is -2.28. The van der Waals surface area contributed by atoms with Crippen molar-refractivity contribution in [2.75, 3.05) is 6.54 Å². The third kappa shape index (κ3) is 4.01. The van der Waals surface area contributed by atoms with Gasteiger partial charge in [0.15, 0.2) is 0 Å². The molecule has 0 aliphatic rings. The van der Waals surface area contributed by atoms with Crippen LogP contribution in [0, 0.1) is 11.6 Å². The lowest BCUT2D eigenvalue weighted by Gasteiger charge is -2.13. The molecule has 1 atom stereocenters. The molecule has 0 spiro atoms. The predicted molar refractivity (Wildman–Crippen MR) is 78.0 cm³/mol. The summed E-state index contributed by atoms with van der Waals surface area (Å²) in [6, 6.07) is 8.11. The number of hydrogen-bond donors (Lipinski definition) is 2. The van der Waals surface area contributed by atoms with Gasteiger partial charge in [0.05, 0.1) is 16.0 Å². The van der Waals surface area contributed by atoms with Crippen molar-refractivity contribution in [3.8, 4) is 0 Å². The number of halogens is 3. The van der Waals surface area contributed by atoms with E-state index in [1.54, 1.807) is 0 Å². The molecule has 0 saturated heterocycles. The molecule has 2 rings (SSSR count). The fourth-order valence-corrected chi connectivity index (χ4v) is 2.93. The van der Waals surface area contributed by atoms with E-state index in [4.69, 9.17) is 11.6 Å². The molecular weight excluding hydrogens is 336 g/mol. The van der Waals surface area contributed by atoms with Crippen molar-refractivity contribution in [3.63, 3.8) is 0 Å². The van der Waals surface area contributed by atoms with Gasteiger partial charge in [-0.1, -0.05) is 23.7 Å². The van der Waals surface area contributed by atoms with E-state index in [1.807, 2.05) is 0 Å². The molecule has 0 bridgehead atoms. The maximum atomic E-state index is 13.3. The summed E-state index contributed by atoms with van der Waals surface area (Å²) in [7, 11) is -3.97. The number of aliphatic hydroxyl groups excluding tert-OH is 1. The van der Waals surface area contributed by atoms with Crippen LogP contribution >= 0.6 is 11.6 Å². The van der Waals surface area contributed by atoms with Crippen LogP contribution in [0.4, 0.5) is 8.78 Å². The van der Waals surface area contributed by atoms with E-state index in [1.165, 1.54) is 24.3 Å². The van der Waals surface area contributed by atoms with E-state index < -0.39 is 27.8 Å². The molecule has 22 heavy (non-hydrogen) atoms. The molecule has 0 saturated carbocycles. The van der Waals surface area contributed by atoms with Crippen LogP contribution in [-0.4, -0.2) is 20.1 Å². The van der Waals surface area contributed by atoms with Gasteiger partial charge >= 0.3 is 0 Å². The molecule has 8 heteroatoms. The van der Waals surface area contributed by atoms with E-state index in [2.05, 4.69) is 4.72 Å². The second kappa shape index (κ2) is 6.70. The van der Waals surface area contributed by atoms with Crippen molar-refractivity contribution in [2.24, 2.45) is 0 Å². The van der Waals surface area contributed by atoms with Crippen LogP contribution in [0.25, 0.3) is 0 Å². The van der Waals surface area contributed by atoms with Gasteiger partial charge in [-0.15, -0.1) is 0 Å². The van der Waals surface area contributed by atoms with Crippen LogP contribution in [0.2, 0.25) is 5.02 Å². The zero-order valence-corrected chi connectivity index (χ0v) is 12.7. The third-order valence-corrected chi connectivity index (χ3v) is 4.63. The minimum Gasteiger partial charge on any atom is -0.387 e. The van der Waals surface area contributed by atoms with Gasteiger partial charge in [-0.2, -0.15) is 0 Å². The van der Waals surface area contributed by atoms with Crippen LogP contribution in [0.1, 0.15) is 11.7 Å². The van der Waals surface area contributed by atoms with Gasteiger partial charge in [0, 0.05) is 6.54 Å². The van der Waals surface area contributed by atoms with Gasteiger partial charge in [0.2, 0.25) is 10.0 Å². The Morgan fingerprint density at radius 3 is 2.55 bits per heavy atom. The molecule has 2 aromatic rings. The van der Waals surface area contributed by atoms with Crippen LogP contribution < -0.4 is 4.72 Å². The normalized spacial score (nSPS) is 13.1. The summed E-state index contributed by atoms with van der Waals surface area (Å²) in [6.45, 7) is -0.389. The maximum Gasteiger partial charge on any atom is 0.240 e. The third-order valence-electron chi connectivity index (χ3n) is 2.90. The molecule has 1 unspecified atom stereocenters. The lowest BCUT2D eigenvalue weighted by molar-refractivity contribution is 0.181. The first kappa shape index (κ1) is 16.8. The van der Waals surface area contributed by atoms with Crippen molar-refractivity contribution in [1.82, 2.24) is 4.72 Å². The molecule has 2 N–H and O–H groups in total. The standard InChI is InChI=1S/C14H12ClF2NO3S/c15-12-5-4-9(6-13(12)17)14(19)8-18-22(20,21)11-3-1-2-10(16)7-11/h1-7,14,18-19H,8H2. The molecule has 118 valence electrons. The Hall–Kier alpha value is -1.54. The van der Waals surface area contributed by atoms with Crippen LogP contribution in [-0.2, 0) is 10.0 Å². The number of aliphatic hydroxyl groups is 1. The zero-order chi connectivity index (χ0) is 16.3. The Morgan fingerprint density at radius 2 is 1.91 bits per heavy atom. The SMILES string of the molecule is O=S(=O)(NCC(O)c1ccc(Cl)c(F)c1)c1cccc(F)c1. The number of sulfonamides is 1. The largest absolute Gasteiger partial charge is 0.387 e. The first-order chi connectivity index (χ1) is 10.3. The predicted octanol–water partition coefficient (Wildman–Crippen LogP) is 2.63. The quantitative estimate of drug-likeness (QED) is 0.873. The Bertz CT molecular complexity index is 783. The summed E-state index contributed by atoms with van der Waals surface area (Å²) in [6.07, 6.45) is -1.27. The van der Waals surface area contributed by atoms with Gasteiger partial charge in [0.1, 0.15) is 11.6 Å². The molecule has 0 amide bonds. The van der Waals surface area contributed by atoms with Gasteiger partial charge in [-0.05, 0) is 35.9 Å². The highest BCUT2D eigenvalue weighted by Crippen LogP contribution is 2.20. The average Bonchev–Trinajstić information content (AvgIpc) is 2.48. The van der Waals surface area contributed by atoms with Gasteiger partial charge in [-0.25, -0.2) is 21.9 Å². The Kier molecular flexibility index (Phi) is 5.12. The van der Waals surface area contributed by atoms with E-state index >= 15 is 0 Å². The Morgan fingerprint density at radius 1 is 1.18 bits per heavy atom. The molecule has 2 aromatic carbocycles. The van der Waals surface area contributed by atoms with Crippen molar-refractivity contribution in [3.05, 3.63) is 64.7 Å². The molecule has 0 aliphatic heterocycles. The summed E-state index contributed by atoms with van der Waals surface area (Å²) in [4.78, 5) is -0.262. The fourth-order valence-electron chi connectivity index (χ4n) is 1.74. The zero-order valence-electron chi connectivity index (χ0n) is 11.1. The second-order valence-electron chi connectivity index (χ2n) is 4.50. The topological polar surface area (TPSA) is 66.4 Å². The highest BCUT2D eigenvalue weighted by Gasteiger charge is 2.18. The maximum absolute atomic E-state index is 13.3. The number of hydrogen-bond acceptors (Lipinski definition) is 3. The number of rotatable bonds is 5. The van der Waals surface area contributed by atoms with Crippen molar-refractivity contribution in [2.45, 2.75) is 11.0 Å². The molecule has 0 aliphatic carbocycles.